The molecule has 2 nitrogen and oxygen atoms in total. The van der Waals surface area contributed by atoms with Crippen LogP contribution in [0.1, 0.15) is 23.5 Å². The average Bonchev–Trinajstić information content (AvgIpc) is 2.78. The van der Waals surface area contributed by atoms with Gasteiger partial charge < -0.3 is 5.32 Å². The summed E-state index contributed by atoms with van der Waals surface area (Å²) in [5.41, 5.74) is 1.28. The topological polar surface area (TPSA) is 24.9 Å². The van der Waals surface area contributed by atoms with E-state index in [0.29, 0.717) is 6.04 Å². The van der Waals surface area contributed by atoms with Gasteiger partial charge in [-0.3, -0.25) is 0 Å². The van der Waals surface area contributed by atoms with E-state index in [9.17, 15) is 0 Å². The fraction of sp³-hybridized carbons (Fsp3) is 0.250. The van der Waals surface area contributed by atoms with Gasteiger partial charge in [0.1, 0.15) is 5.01 Å². The van der Waals surface area contributed by atoms with Crippen LogP contribution in [0, 0.1) is 0 Å². The van der Waals surface area contributed by atoms with Crippen LogP contribution >= 0.6 is 27.3 Å². The SMILES string of the molecule is CC(NCc1nccs1)c1cccc(Br)c1. The van der Waals surface area contributed by atoms with Gasteiger partial charge in [-0.05, 0) is 24.6 Å². The minimum atomic E-state index is 0.335. The summed E-state index contributed by atoms with van der Waals surface area (Å²) < 4.78 is 1.12. The van der Waals surface area contributed by atoms with Crippen molar-refractivity contribution in [3.63, 3.8) is 0 Å². The Hall–Kier alpha value is -0.710. The third kappa shape index (κ3) is 3.14. The van der Waals surface area contributed by atoms with E-state index >= 15 is 0 Å². The quantitative estimate of drug-likeness (QED) is 0.929. The predicted octanol–water partition coefficient (Wildman–Crippen LogP) is 3.76. The molecule has 0 aliphatic carbocycles. The highest BCUT2D eigenvalue weighted by molar-refractivity contribution is 9.10. The monoisotopic (exact) mass is 296 g/mol. The Labute approximate surface area is 108 Å². The summed E-state index contributed by atoms with van der Waals surface area (Å²) >= 11 is 5.16. The minimum absolute atomic E-state index is 0.335. The maximum absolute atomic E-state index is 4.25. The molecule has 1 aromatic heterocycles. The largest absolute Gasteiger partial charge is 0.304 e. The van der Waals surface area contributed by atoms with Crippen LogP contribution in [-0.2, 0) is 6.54 Å². The summed E-state index contributed by atoms with van der Waals surface area (Å²) in [6, 6.07) is 8.70. The van der Waals surface area contributed by atoms with E-state index < -0.39 is 0 Å². The fourth-order valence-electron chi connectivity index (χ4n) is 1.47. The fourth-order valence-corrected chi connectivity index (χ4v) is 2.46. The van der Waals surface area contributed by atoms with Crippen molar-refractivity contribution < 1.29 is 0 Å². The first-order valence-electron chi connectivity index (χ1n) is 5.13. The van der Waals surface area contributed by atoms with E-state index in [1.807, 2.05) is 17.6 Å². The second-order valence-electron chi connectivity index (χ2n) is 3.58. The van der Waals surface area contributed by atoms with Gasteiger partial charge in [-0.1, -0.05) is 28.1 Å². The Morgan fingerprint density at radius 2 is 2.38 bits per heavy atom. The smallest absolute Gasteiger partial charge is 0.106 e. The van der Waals surface area contributed by atoms with E-state index in [-0.39, 0.29) is 0 Å². The molecule has 16 heavy (non-hydrogen) atoms. The molecule has 2 rings (SSSR count). The van der Waals surface area contributed by atoms with Gasteiger partial charge in [0, 0.05) is 28.6 Å². The molecular weight excluding hydrogens is 284 g/mol. The molecule has 0 aliphatic rings. The number of benzene rings is 1. The standard InChI is InChI=1S/C12H13BrN2S/c1-9(10-3-2-4-11(13)7-10)15-8-12-14-5-6-16-12/h2-7,9,15H,8H2,1H3. The van der Waals surface area contributed by atoms with Crippen molar-refractivity contribution >= 4 is 27.3 Å². The molecule has 4 heteroatoms. The number of nitrogens with one attached hydrogen (secondary N) is 1. The van der Waals surface area contributed by atoms with Gasteiger partial charge in [-0.2, -0.15) is 0 Å². The molecule has 1 unspecified atom stereocenters. The van der Waals surface area contributed by atoms with Crippen LogP contribution in [0.15, 0.2) is 40.3 Å². The maximum atomic E-state index is 4.25. The van der Waals surface area contributed by atoms with Crippen molar-refractivity contribution in [2.45, 2.75) is 19.5 Å². The summed E-state index contributed by atoms with van der Waals surface area (Å²) in [6.07, 6.45) is 1.84. The zero-order chi connectivity index (χ0) is 11.4. The van der Waals surface area contributed by atoms with E-state index in [4.69, 9.17) is 0 Å². The van der Waals surface area contributed by atoms with Gasteiger partial charge in [-0.15, -0.1) is 11.3 Å². The van der Waals surface area contributed by atoms with Crippen molar-refractivity contribution in [3.05, 3.63) is 50.9 Å². The molecular formula is C12H13BrN2S. The average molecular weight is 297 g/mol. The molecule has 1 atom stereocenters. The maximum Gasteiger partial charge on any atom is 0.106 e. The number of aromatic nitrogens is 1. The Bertz CT molecular complexity index is 442. The molecule has 0 saturated heterocycles. The molecule has 0 spiro atoms. The van der Waals surface area contributed by atoms with Gasteiger partial charge in [0.05, 0.1) is 0 Å². The molecule has 0 amide bonds. The van der Waals surface area contributed by atoms with Crippen LogP contribution < -0.4 is 5.32 Å². The molecule has 0 fully saturated rings. The Morgan fingerprint density at radius 1 is 1.50 bits per heavy atom. The van der Waals surface area contributed by atoms with E-state index in [1.54, 1.807) is 11.3 Å². The van der Waals surface area contributed by atoms with E-state index in [1.165, 1.54) is 5.56 Å². The lowest BCUT2D eigenvalue weighted by Crippen LogP contribution is -2.17. The zero-order valence-electron chi connectivity index (χ0n) is 8.98. The van der Waals surface area contributed by atoms with Crippen LogP contribution in [0.25, 0.3) is 0 Å². The lowest BCUT2D eigenvalue weighted by molar-refractivity contribution is 0.573. The number of hydrogen-bond donors (Lipinski definition) is 1. The Morgan fingerprint density at radius 3 is 3.06 bits per heavy atom. The summed E-state index contributed by atoms with van der Waals surface area (Å²) in [4.78, 5) is 4.25. The summed E-state index contributed by atoms with van der Waals surface area (Å²) in [5.74, 6) is 0. The second kappa shape index (κ2) is 5.57. The summed E-state index contributed by atoms with van der Waals surface area (Å²) in [7, 11) is 0. The third-order valence-electron chi connectivity index (χ3n) is 2.39. The van der Waals surface area contributed by atoms with Gasteiger partial charge in [0.15, 0.2) is 0 Å². The Balaban J connectivity index is 1.95. The van der Waals surface area contributed by atoms with Crippen molar-refractivity contribution in [2.75, 3.05) is 0 Å². The summed E-state index contributed by atoms with van der Waals surface area (Å²) in [5, 5.41) is 6.58. The van der Waals surface area contributed by atoms with Crippen LogP contribution in [-0.4, -0.2) is 4.98 Å². The molecule has 84 valence electrons. The molecule has 1 N–H and O–H groups in total. The van der Waals surface area contributed by atoms with Crippen LogP contribution in [0.3, 0.4) is 0 Å². The van der Waals surface area contributed by atoms with Crippen molar-refractivity contribution in [3.8, 4) is 0 Å². The number of halogens is 1. The molecule has 0 radical (unpaired) electrons. The van der Waals surface area contributed by atoms with Crippen LogP contribution in [0.5, 0.6) is 0 Å². The van der Waals surface area contributed by atoms with Gasteiger partial charge in [0.2, 0.25) is 0 Å². The number of hydrogen-bond acceptors (Lipinski definition) is 3. The number of thiazole rings is 1. The van der Waals surface area contributed by atoms with Crippen LogP contribution in [0.2, 0.25) is 0 Å². The normalized spacial score (nSPS) is 12.6. The lowest BCUT2D eigenvalue weighted by Gasteiger charge is -2.13. The first kappa shape index (κ1) is 11.8. The third-order valence-corrected chi connectivity index (χ3v) is 3.66. The molecule has 0 bridgehead atoms. The Kier molecular flexibility index (Phi) is 4.09. The second-order valence-corrected chi connectivity index (χ2v) is 5.48. The van der Waals surface area contributed by atoms with Crippen molar-refractivity contribution in [1.29, 1.82) is 0 Å². The van der Waals surface area contributed by atoms with Crippen molar-refractivity contribution in [2.24, 2.45) is 0 Å². The van der Waals surface area contributed by atoms with Gasteiger partial charge in [0.25, 0.3) is 0 Å². The molecule has 0 aliphatic heterocycles. The molecule has 1 heterocycles. The number of nitrogens with zero attached hydrogens (tertiary/aromatic N) is 1. The molecule has 1 aromatic carbocycles. The highest BCUT2D eigenvalue weighted by atomic mass is 79.9. The minimum Gasteiger partial charge on any atom is -0.304 e. The summed E-state index contributed by atoms with van der Waals surface area (Å²) in [6.45, 7) is 2.99. The molecule has 0 saturated carbocycles. The van der Waals surface area contributed by atoms with Crippen LogP contribution in [0.4, 0.5) is 0 Å². The zero-order valence-corrected chi connectivity index (χ0v) is 11.4. The molecule has 2 aromatic rings. The van der Waals surface area contributed by atoms with Crippen molar-refractivity contribution in [1.82, 2.24) is 10.3 Å². The highest BCUT2D eigenvalue weighted by Gasteiger charge is 2.05. The van der Waals surface area contributed by atoms with E-state index in [0.717, 1.165) is 16.0 Å². The first-order chi connectivity index (χ1) is 7.75. The van der Waals surface area contributed by atoms with Gasteiger partial charge in [-0.25, -0.2) is 4.98 Å². The predicted molar refractivity (Wildman–Crippen MR) is 71.5 cm³/mol. The first-order valence-corrected chi connectivity index (χ1v) is 6.80. The number of rotatable bonds is 4. The lowest BCUT2D eigenvalue weighted by atomic mass is 10.1. The van der Waals surface area contributed by atoms with E-state index in [2.05, 4.69) is 51.4 Å². The highest BCUT2D eigenvalue weighted by Crippen LogP contribution is 2.18. The van der Waals surface area contributed by atoms with Gasteiger partial charge >= 0.3 is 0 Å².